The minimum Gasteiger partial charge on any atom is -0.393 e. The van der Waals surface area contributed by atoms with E-state index in [9.17, 15) is 14.7 Å². The van der Waals surface area contributed by atoms with Gasteiger partial charge >= 0.3 is 0 Å². The fourth-order valence-corrected chi connectivity index (χ4v) is 3.54. The van der Waals surface area contributed by atoms with E-state index in [1.807, 2.05) is 27.7 Å². The predicted molar refractivity (Wildman–Crippen MR) is 69.0 cm³/mol. The molecule has 0 saturated heterocycles. The van der Waals surface area contributed by atoms with Crippen LogP contribution in [0.3, 0.4) is 0 Å². The van der Waals surface area contributed by atoms with Gasteiger partial charge in [0, 0.05) is 23.3 Å². The second kappa shape index (κ2) is 4.30. The van der Waals surface area contributed by atoms with Crippen molar-refractivity contribution in [3.8, 4) is 0 Å². The maximum atomic E-state index is 12.5. The van der Waals surface area contributed by atoms with Gasteiger partial charge in [0.2, 0.25) is 0 Å². The first kappa shape index (κ1) is 13.5. The Hall–Kier alpha value is -0.960. The number of carbonyl (C=O) groups excluding carboxylic acids is 2. The monoisotopic (exact) mass is 250 g/mol. The number of aliphatic hydroxyl groups excluding tert-OH is 1. The topological polar surface area (TPSA) is 54.4 Å². The summed E-state index contributed by atoms with van der Waals surface area (Å²) in [6, 6.07) is 0. The van der Waals surface area contributed by atoms with E-state index in [0.29, 0.717) is 18.4 Å². The van der Waals surface area contributed by atoms with Gasteiger partial charge < -0.3 is 5.11 Å². The van der Waals surface area contributed by atoms with Crippen LogP contribution in [0.2, 0.25) is 0 Å². The summed E-state index contributed by atoms with van der Waals surface area (Å²) in [5.74, 6) is -0.283. The quantitative estimate of drug-likeness (QED) is 0.671. The average molecular weight is 250 g/mol. The maximum absolute atomic E-state index is 12.5. The molecule has 100 valence electrons. The third-order valence-electron chi connectivity index (χ3n) is 4.73. The van der Waals surface area contributed by atoms with Gasteiger partial charge in [0.05, 0.1) is 12.0 Å². The summed E-state index contributed by atoms with van der Waals surface area (Å²) < 4.78 is 0. The lowest BCUT2D eigenvalue weighted by atomic mass is 9.71. The molecule has 0 aromatic heterocycles. The Morgan fingerprint density at radius 1 is 1.28 bits per heavy atom. The molecule has 0 amide bonds. The maximum Gasteiger partial charge on any atom is 0.160 e. The van der Waals surface area contributed by atoms with Crippen LogP contribution in [0.5, 0.6) is 0 Å². The summed E-state index contributed by atoms with van der Waals surface area (Å²) in [5.41, 5.74) is 0.990. The summed E-state index contributed by atoms with van der Waals surface area (Å²) in [4.78, 5) is 24.7. The summed E-state index contributed by atoms with van der Waals surface area (Å²) in [7, 11) is 0. The molecule has 3 heteroatoms. The van der Waals surface area contributed by atoms with Crippen molar-refractivity contribution in [1.29, 1.82) is 0 Å². The Morgan fingerprint density at radius 3 is 2.44 bits per heavy atom. The van der Waals surface area contributed by atoms with E-state index < -0.39 is 17.4 Å². The first-order valence-corrected chi connectivity index (χ1v) is 6.71. The van der Waals surface area contributed by atoms with Gasteiger partial charge in [0.1, 0.15) is 5.78 Å². The van der Waals surface area contributed by atoms with E-state index in [4.69, 9.17) is 0 Å². The first-order chi connectivity index (χ1) is 8.29. The van der Waals surface area contributed by atoms with Crippen LogP contribution >= 0.6 is 0 Å². The molecule has 3 nitrogen and oxygen atoms in total. The van der Waals surface area contributed by atoms with Gasteiger partial charge in [-0.3, -0.25) is 9.59 Å². The number of Topliss-reactive ketones (excluding diaryl/α,β-unsaturated/α-hetero) is 2. The van der Waals surface area contributed by atoms with Crippen molar-refractivity contribution in [3.63, 3.8) is 0 Å². The number of aliphatic hydroxyl groups is 1. The van der Waals surface area contributed by atoms with E-state index in [1.54, 1.807) is 0 Å². The SMILES string of the molecule is CC(C)=C1C(=O)C[C@@]2(C)[C@H]1C(=O)[C@@H](C)CC[C@@H]2O. The molecule has 0 bridgehead atoms. The number of hydrogen-bond donors (Lipinski definition) is 1. The highest BCUT2D eigenvalue weighted by Gasteiger charge is 2.56. The lowest BCUT2D eigenvalue weighted by Crippen LogP contribution is -2.38. The fourth-order valence-electron chi connectivity index (χ4n) is 3.54. The molecule has 2 rings (SSSR count). The van der Waals surface area contributed by atoms with E-state index in [0.717, 1.165) is 12.0 Å². The summed E-state index contributed by atoms with van der Waals surface area (Å²) in [5, 5.41) is 10.3. The Labute approximate surface area is 108 Å². The Balaban J connectivity index is 2.58. The van der Waals surface area contributed by atoms with Gasteiger partial charge in [-0.05, 0) is 26.7 Å². The fraction of sp³-hybridized carbons (Fsp3) is 0.733. The zero-order valence-electron chi connectivity index (χ0n) is 11.6. The summed E-state index contributed by atoms with van der Waals surface area (Å²) in [6.07, 6.45) is 1.08. The van der Waals surface area contributed by atoms with E-state index in [2.05, 4.69) is 0 Å². The third-order valence-corrected chi connectivity index (χ3v) is 4.73. The molecular weight excluding hydrogens is 228 g/mol. The smallest absolute Gasteiger partial charge is 0.160 e. The molecule has 1 N–H and O–H groups in total. The first-order valence-electron chi connectivity index (χ1n) is 6.71. The minimum atomic E-state index is -0.592. The third kappa shape index (κ3) is 1.76. The van der Waals surface area contributed by atoms with Crippen LogP contribution in [0.4, 0.5) is 0 Å². The standard InChI is InChI=1S/C15H22O3/c1-8(2)12-10(16)7-15(4)11(17)6-5-9(3)14(18)13(12)15/h9,11,13,17H,5-7H2,1-4H3/t9-,11-,13+,15+/m0/s1. The highest BCUT2D eigenvalue weighted by molar-refractivity contribution is 6.07. The molecule has 0 unspecified atom stereocenters. The van der Waals surface area contributed by atoms with Gasteiger partial charge in [-0.1, -0.05) is 19.4 Å². The molecule has 2 fully saturated rings. The zero-order valence-corrected chi connectivity index (χ0v) is 11.6. The van der Waals surface area contributed by atoms with Crippen molar-refractivity contribution in [3.05, 3.63) is 11.1 Å². The summed E-state index contributed by atoms with van der Waals surface area (Å²) >= 11 is 0. The number of rotatable bonds is 0. The number of carbonyl (C=O) groups is 2. The molecular formula is C15H22O3. The highest BCUT2D eigenvalue weighted by atomic mass is 16.3. The summed E-state index contributed by atoms with van der Waals surface area (Å²) in [6.45, 7) is 7.57. The molecule has 0 aromatic carbocycles. The molecule has 2 saturated carbocycles. The van der Waals surface area contributed by atoms with Crippen LogP contribution < -0.4 is 0 Å². The average Bonchev–Trinajstić information content (AvgIpc) is 2.53. The second-order valence-corrected chi connectivity index (χ2v) is 6.35. The minimum absolute atomic E-state index is 0.0454. The van der Waals surface area contributed by atoms with Crippen LogP contribution in [0.1, 0.15) is 47.0 Å². The lowest BCUT2D eigenvalue weighted by Gasteiger charge is -2.33. The van der Waals surface area contributed by atoms with Gasteiger partial charge in [-0.15, -0.1) is 0 Å². The van der Waals surface area contributed by atoms with Gasteiger partial charge in [0.15, 0.2) is 5.78 Å². The Morgan fingerprint density at radius 2 is 1.89 bits per heavy atom. The van der Waals surface area contributed by atoms with Crippen LogP contribution in [0.15, 0.2) is 11.1 Å². The molecule has 18 heavy (non-hydrogen) atoms. The van der Waals surface area contributed by atoms with Crippen molar-refractivity contribution in [2.75, 3.05) is 0 Å². The number of allylic oxidation sites excluding steroid dienone is 2. The number of ketones is 2. The van der Waals surface area contributed by atoms with Crippen molar-refractivity contribution in [2.45, 2.75) is 53.1 Å². The van der Waals surface area contributed by atoms with Crippen molar-refractivity contribution in [1.82, 2.24) is 0 Å². The van der Waals surface area contributed by atoms with Crippen LogP contribution in [0, 0.1) is 17.3 Å². The van der Waals surface area contributed by atoms with E-state index in [-0.39, 0.29) is 17.5 Å². The largest absolute Gasteiger partial charge is 0.393 e. The molecule has 0 aromatic rings. The van der Waals surface area contributed by atoms with E-state index >= 15 is 0 Å². The molecule has 0 spiro atoms. The Bertz CT molecular complexity index is 431. The molecule has 0 aliphatic heterocycles. The second-order valence-electron chi connectivity index (χ2n) is 6.35. The van der Waals surface area contributed by atoms with Gasteiger partial charge in [-0.25, -0.2) is 0 Å². The van der Waals surface area contributed by atoms with Crippen LogP contribution in [-0.4, -0.2) is 22.8 Å². The lowest BCUT2D eigenvalue weighted by molar-refractivity contribution is -0.128. The van der Waals surface area contributed by atoms with Gasteiger partial charge in [-0.2, -0.15) is 0 Å². The number of hydrogen-bond acceptors (Lipinski definition) is 3. The normalized spacial score (nSPS) is 40.7. The van der Waals surface area contributed by atoms with Crippen LogP contribution in [0.25, 0.3) is 0 Å². The molecule has 2 aliphatic rings. The molecule has 0 heterocycles. The Kier molecular flexibility index (Phi) is 3.22. The van der Waals surface area contributed by atoms with Gasteiger partial charge in [0.25, 0.3) is 0 Å². The van der Waals surface area contributed by atoms with Crippen molar-refractivity contribution in [2.24, 2.45) is 17.3 Å². The van der Waals surface area contributed by atoms with Crippen molar-refractivity contribution >= 4 is 11.6 Å². The zero-order chi connectivity index (χ0) is 13.7. The molecule has 4 atom stereocenters. The van der Waals surface area contributed by atoms with Crippen molar-refractivity contribution < 1.29 is 14.7 Å². The number of fused-ring (bicyclic) bond motifs is 1. The molecule has 0 radical (unpaired) electrons. The van der Waals surface area contributed by atoms with E-state index in [1.165, 1.54) is 0 Å². The molecule has 2 aliphatic carbocycles. The van der Waals surface area contributed by atoms with Crippen LogP contribution in [-0.2, 0) is 9.59 Å². The highest BCUT2D eigenvalue weighted by Crippen LogP contribution is 2.52. The predicted octanol–water partition coefficient (Wildman–Crippen LogP) is 2.28.